The van der Waals surface area contributed by atoms with Crippen molar-refractivity contribution in [1.29, 1.82) is 0 Å². The van der Waals surface area contributed by atoms with Gasteiger partial charge in [-0.15, -0.1) is 0 Å². The van der Waals surface area contributed by atoms with Gasteiger partial charge in [-0.05, 0) is 38.2 Å². The molecule has 2 atom stereocenters. The number of aromatic nitrogens is 2. The summed E-state index contributed by atoms with van der Waals surface area (Å²) < 4.78 is 25.7. The molecule has 0 bridgehead atoms. The first kappa shape index (κ1) is 22.6. The number of amides is 1. The zero-order chi connectivity index (χ0) is 23.2. The molecule has 1 fully saturated rings. The van der Waals surface area contributed by atoms with E-state index < -0.39 is 3.93 Å². The van der Waals surface area contributed by atoms with Crippen LogP contribution in [0.2, 0.25) is 0 Å². The minimum absolute atomic E-state index is 0.0605. The minimum Gasteiger partial charge on any atom is -0.383 e. The standard InChI is InChI=1S/C23H23F2IN4O2/c1-3-19(32)29-11-10-15-12-17(8-9-18(15)29)30-22(27)20(13(2)31)21(28-30)14-4-6-16(7-5-14)23(24,25)26/h3-8,15,18H,1,9-12,27H2,2H3. The van der Waals surface area contributed by atoms with Gasteiger partial charge in [0.1, 0.15) is 11.5 Å². The SMILES string of the molecule is C=CC(=O)N1CCC2CC(n3nc(-c4ccc(C(F)(F)I)cc4)c(C(C)=O)c3N)=CCC21. The summed E-state index contributed by atoms with van der Waals surface area (Å²) in [5, 5.41) is 4.62. The molecular weight excluding hydrogens is 529 g/mol. The number of halogens is 3. The topological polar surface area (TPSA) is 81.2 Å². The lowest BCUT2D eigenvalue weighted by molar-refractivity contribution is -0.127. The van der Waals surface area contributed by atoms with E-state index in [0.29, 0.717) is 30.6 Å². The van der Waals surface area contributed by atoms with Crippen LogP contribution in [0.3, 0.4) is 0 Å². The number of anilines is 1. The molecule has 1 amide bonds. The fraction of sp³-hybridized carbons (Fsp3) is 0.348. The lowest BCUT2D eigenvalue weighted by Gasteiger charge is -2.30. The fourth-order valence-corrected chi connectivity index (χ4v) is 5.02. The second kappa shape index (κ2) is 8.42. The Bertz CT molecular complexity index is 1120. The number of nitrogen functional groups attached to an aromatic ring is 1. The summed E-state index contributed by atoms with van der Waals surface area (Å²) in [5.41, 5.74) is 8.29. The van der Waals surface area contributed by atoms with Crippen LogP contribution in [0, 0.1) is 5.92 Å². The third kappa shape index (κ3) is 3.98. The highest BCUT2D eigenvalue weighted by Gasteiger charge is 2.39. The van der Waals surface area contributed by atoms with Gasteiger partial charge in [0.05, 0.1) is 5.56 Å². The molecule has 1 aromatic heterocycles. The minimum atomic E-state index is -2.98. The zero-order valence-corrected chi connectivity index (χ0v) is 19.7. The van der Waals surface area contributed by atoms with E-state index in [4.69, 9.17) is 5.73 Å². The predicted molar refractivity (Wildman–Crippen MR) is 127 cm³/mol. The second-order valence-electron chi connectivity index (χ2n) is 8.14. The number of carbonyl (C=O) groups excluding carboxylic acids is 2. The van der Waals surface area contributed by atoms with Crippen LogP contribution in [-0.2, 0) is 8.72 Å². The first-order valence-electron chi connectivity index (χ1n) is 10.3. The van der Waals surface area contributed by atoms with Crippen molar-refractivity contribution in [2.24, 2.45) is 5.92 Å². The van der Waals surface area contributed by atoms with Crippen LogP contribution in [-0.4, -0.2) is 39.0 Å². The van der Waals surface area contributed by atoms with Gasteiger partial charge < -0.3 is 10.6 Å². The van der Waals surface area contributed by atoms with Gasteiger partial charge >= 0.3 is 3.93 Å². The molecule has 9 heteroatoms. The summed E-state index contributed by atoms with van der Waals surface area (Å²) in [7, 11) is 0. The quantitative estimate of drug-likeness (QED) is 0.249. The summed E-state index contributed by atoms with van der Waals surface area (Å²) in [4.78, 5) is 26.3. The average molecular weight is 552 g/mol. The Hall–Kier alpha value is -2.56. The van der Waals surface area contributed by atoms with Crippen molar-refractivity contribution < 1.29 is 18.4 Å². The van der Waals surface area contributed by atoms with Crippen molar-refractivity contribution in [3.05, 3.63) is 54.1 Å². The smallest absolute Gasteiger partial charge is 0.321 e. The molecule has 2 N–H and O–H groups in total. The fourth-order valence-electron chi connectivity index (χ4n) is 4.66. The summed E-state index contributed by atoms with van der Waals surface area (Å²) in [5.74, 6) is 0.203. The van der Waals surface area contributed by atoms with Crippen LogP contribution in [0.1, 0.15) is 42.1 Å². The lowest BCUT2D eigenvalue weighted by atomic mass is 9.87. The maximum atomic E-state index is 13.6. The molecule has 6 nitrogen and oxygen atoms in total. The Morgan fingerprint density at radius 1 is 1.31 bits per heavy atom. The molecule has 2 heterocycles. The Morgan fingerprint density at radius 2 is 2.00 bits per heavy atom. The molecule has 2 unspecified atom stereocenters. The number of hydrogen-bond acceptors (Lipinski definition) is 4. The molecular formula is C23H23F2IN4O2. The van der Waals surface area contributed by atoms with Crippen LogP contribution >= 0.6 is 22.6 Å². The first-order valence-corrected chi connectivity index (χ1v) is 11.4. The van der Waals surface area contributed by atoms with Crippen LogP contribution in [0.4, 0.5) is 14.6 Å². The van der Waals surface area contributed by atoms with E-state index in [2.05, 4.69) is 11.7 Å². The van der Waals surface area contributed by atoms with Crippen LogP contribution in [0.25, 0.3) is 17.0 Å². The monoisotopic (exact) mass is 552 g/mol. The van der Waals surface area contributed by atoms with E-state index in [1.54, 1.807) is 4.68 Å². The van der Waals surface area contributed by atoms with Crippen LogP contribution in [0.15, 0.2) is 43.0 Å². The van der Waals surface area contributed by atoms with Gasteiger partial charge in [0.15, 0.2) is 5.78 Å². The van der Waals surface area contributed by atoms with Crippen LogP contribution in [0.5, 0.6) is 0 Å². The van der Waals surface area contributed by atoms with Crippen LogP contribution < -0.4 is 5.73 Å². The largest absolute Gasteiger partial charge is 0.383 e. The molecule has 1 aliphatic carbocycles. The van der Waals surface area contributed by atoms with E-state index in [-0.39, 0.29) is 40.6 Å². The van der Waals surface area contributed by atoms with Crippen molar-refractivity contribution in [1.82, 2.24) is 14.7 Å². The summed E-state index contributed by atoms with van der Waals surface area (Å²) in [6.07, 6.45) is 5.57. The van der Waals surface area contributed by atoms with Gasteiger partial charge in [0.2, 0.25) is 5.91 Å². The molecule has 0 radical (unpaired) electrons. The number of rotatable bonds is 5. The number of likely N-dealkylation sites (tertiary alicyclic amines) is 1. The molecule has 0 saturated carbocycles. The number of hydrogen-bond donors (Lipinski definition) is 1. The molecule has 0 spiro atoms. The van der Waals surface area contributed by atoms with E-state index >= 15 is 0 Å². The Labute approximate surface area is 198 Å². The zero-order valence-electron chi connectivity index (χ0n) is 17.5. The number of allylic oxidation sites excluding steroid dienone is 1. The predicted octanol–water partition coefficient (Wildman–Crippen LogP) is 4.86. The van der Waals surface area contributed by atoms with E-state index in [0.717, 1.165) is 34.7 Å². The summed E-state index contributed by atoms with van der Waals surface area (Å²) in [6, 6.07) is 5.84. The molecule has 1 aliphatic heterocycles. The Balaban J connectivity index is 1.69. The average Bonchev–Trinajstić information content (AvgIpc) is 3.33. The lowest BCUT2D eigenvalue weighted by Crippen LogP contribution is -2.38. The number of fused-ring (bicyclic) bond motifs is 1. The van der Waals surface area contributed by atoms with E-state index in [1.165, 1.54) is 37.3 Å². The highest BCUT2D eigenvalue weighted by Crippen LogP contribution is 2.40. The van der Waals surface area contributed by atoms with Crippen molar-refractivity contribution >= 4 is 45.8 Å². The molecule has 2 aromatic rings. The van der Waals surface area contributed by atoms with E-state index in [1.807, 2.05) is 11.0 Å². The number of benzene rings is 1. The van der Waals surface area contributed by atoms with Gasteiger partial charge in [0, 0.05) is 52.0 Å². The third-order valence-corrected chi connectivity index (χ3v) is 6.86. The highest BCUT2D eigenvalue weighted by atomic mass is 127. The maximum absolute atomic E-state index is 13.6. The van der Waals surface area contributed by atoms with Crippen molar-refractivity contribution in [2.45, 2.75) is 36.2 Å². The maximum Gasteiger partial charge on any atom is 0.321 e. The highest BCUT2D eigenvalue weighted by molar-refractivity contribution is 14.1. The summed E-state index contributed by atoms with van der Waals surface area (Å²) in [6.45, 7) is 5.68. The number of Topliss-reactive ketones (excluding diaryl/α,β-unsaturated/α-hetero) is 1. The molecule has 1 aromatic carbocycles. The van der Waals surface area contributed by atoms with Gasteiger partial charge in [0.25, 0.3) is 0 Å². The molecule has 168 valence electrons. The molecule has 4 rings (SSSR count). The van der Waals surface area contributed by atoms with Gasteiger partial charge in [-0.1, -0.05) is 36.9 Å². The molecule has 2 aliphatic rings. The van der Waals surface area contributed by atoms with E-state index in [9.17, 15) is 18.4 Å². The van der Waals surface area contributed by atoms with Gasteiger partial charge in [-0.3, -0.25) is 9.59 Å². The number of nitrogens with two attached hydrogens (primary N) is 1. The van der Waals surface area contributed by atoms with Crippen molar-refractivity contribution in [3.8, 4) is 11.3 Å². The Kier molecular flexibility index (Phi) is 5.95. The van der Waals surface area contributed by atoms with Crippen molar-refractivity contribution in [3.63, 3.8) is 0 Å². The van der Waals surface area contributed by atoms with Crippen molar-refractivity contribution in [2.75, 3.05) is 12.3 Å². The number of ketones is 1. The van der Waals surface area contributed by atoms with Gasteiger partial charge in [-0.25, -0.2) is 4.68 Å². The number of nitrogens with zero attached hydrogens (tertiary/aromatic N) is 3. The second-order valence-corrected chi connectivity index (χ2v) is 9.49. The molecule has 32 heavy (non-hydrogen) atoms. The number of alkyl halides is 3. The first-order chi connectivity index (χ1) is 15.1. The third-order valence-electron chi connectivity index (χ3n) is 6.24. The number of carbonyl (C=O) groups is 2. The summed E-state index contributed by atoms with van der Waals surface area (Å²) >= 11 is 1.08. The molecule has 1 saturated heterocycles. The normalized spacial score (nSPS) is 20.6. The Morgan fingerprint density at radius 3 is 2.59 bits per heavy atom. The van der Waals surface area contributed by atoms with Gasteiger partial charge in [-0.2, -0.15) is 13.9 Å².